The minimum Gasteiger partial charge on any atom is -0.248 e. The second kappa shape index (κ2) is 3.78. The van der Waals surface area contributed by atoms with Gasteiger partial charge in [0.2, 0.25) is 0 Å². The smallest absolute Gasteiger partial charge is 0.248 e. The van der Waals surface area contributed by atoms with Crippen molar-refractivity contribution in [1.82, 2.24) is 0 Å². The van der Waals surface area contributed by atoms with E-state index in [1.165, 1.54) is 6.92 Å². The van der Waals surface area contributed by atoms with Crippen LogP contribution in [0.2, 0.25) is 0 Å². The Morgan fingerprint density at radius 1 is 1.30 bits per heavy atom. The Bertz CT molecular complexity index is 86.2. The summed E-state index contributed by atoms with van der Waals surface area (Å²) in [7, 11) is 0. The molecular weight excluding hydrogens is 148 g/mol. The zero-order chi connectivity index (χ0) is 8.20. The highest BCUT2D eigenvalue weighted by molar-refractivity contribution is 4.57. The molecule has 0 aromatic carbocycles. The summed E-state index contributed by atoms with van der Waals surface area (Å²) in [6, 6.07) is 0. The van der Waals surface area contributed by atoms with Gasteiger partial charge in [-0.3, -0.25) is 0 Å². The van der Waals surface area contributed by atoms with Crippen molar-refractivity contribution in [3.8, 4) is 0 Å². The molecule has 1 atom stereocenters. The number of hydrogen-bond acceptors (Lipinski definition) is 0. The highest BCUT2D eigenvalue weighted by Gasteiger charge is 2.27. The Morgan fingerprint density at radius 2 is 1.80 bits per heavy atom. The molecule has 0 N–H and O–H groups in total. The van der Waals surface area contributed by atoms with Crippen LogP contribution in [0.15, 0.2) is 0 Å². The summed E-state index contributed by atoms with van der Waals surface area (Å²) in [5.41, 5.74) is 0. The van der Waals surface area contributed by atoms with Crippen molar-refractivity contribution in [3.63, 3.8) is 0 Å². The third kappa shape index (κ3) is 5.85. The molecule has 0 amide bonds. The minimum absolute atomic E-state index is 0.163. The van der Waals surface area contributed by atoms with Gasteiger partial charge in [0, 0.05) is 6.42 Å². The lowest BCUT2D eigenvalue weighted by Gasteiger charge is -2.07. The molecule has 0 saturated heterocycles. The number of hydrogen-bond donors (Lipinski definition) is 0. The first-order valence-corrected chi connectivity index (χ1v) is 3.16. The van der Waals surface area contributed by atoms with Gasteiger partial charge in [-0.25, -0.2) is 4.39 Å². The first kappa shape index (κ1) is 9.72. The highest BCUT2D eigenvalue weighted by atomic mass is 19.4. The maximum atomic E-state index is 12.2. The maximum absolute atomic E-state index is 12.2. The van der Waals surface area contributed by atoms with Crippen LogP contribution in [0.25, 0.3) is 0 Å². The maximum Gasteiger partial charge on any atom is 0.389 e. The van der Waals surface area contributed by atoms with E-state index in [0.29, 0.717) is 0 Å². The topological polar surface area (TPSA) is 0 Å². The Labute approximate surface area is 57.2 Å². The predicted molar refractivity (Wildman–Crippen MR) is 30.5 cm³/mol. The molecule has 0 heterocycles. The van der Waals surface area contributed by atoms with Crippen LogP contribution in [-0.4, -0.2) is 12.3 Å². The standard InChI is InChI=1S/C6H10F4/c1-2-5(7)3-4-6(8,9)10/h5H,2-4H2,1H3/t5-/m0/s1. The number of alkyl halides is 4. The van der Waals surface area contributed by atoms with E-state index in [9.17, 15) is 17.6 Å². The summed E-state index contributed by atoms with van der Waals surface area (Å²) in [6.45, 7) is 1.53. The summed E-state index contributed by atoms with van der Waals surface area (Å²) in [5, 5.41) is 0. The summed E-state index contributed by atoms with van der Waals surface area (Å²) < 4.78 is 46.3. The molecular formula is C6H10F4. The van der Waals surface area contributed by atoms with Gasteiger partial charge in [-0.2, -0.15) is 13.2 Å². The van der Waals surface area contributed by atoms with Crippen LogP contribution in [0.3, 0.4) is 0 Å². The van der Waals surface area contributed by atoms with E-state index in [-0.39, 0.29) is 6.42 Å². The highest BCUT2D eigenvalue weighted by Crippen LogP contribution is 2.23. The fraction of sp³-hybridized carbons (Fsp3) is 1.00. The molecule has 0 aromatic rings. The summed E-state index contributed by atoms with van der Waals surface area (Å²) in [5.74, 6) is 0. The molecule has 0 aliphatic carbocycles. The lowest BCUT2D eigenvalue weighted by Crippen LogP contribution is -2.10. The summed E-state index contributed by atoms with van der Waals surface area (Å²) in [6.07, 6.45) is -6.76. The van der Waals surface area contributed by atoms with Gasteiger partial charge in [0.1, 0.15) is 6.17 Å². The molecule has 0 bridgehead atoms. The van der Waals surface area contributed by atoms with Crippen molar-refractivity contribution in [2.45, 2.75) is 38.5 Å². The molecule has 0 aromatic heterocycles. The van der Waals surface area contributed by atoms with Crippen LogP contribution in [0.4, 0.5) is 17.6 Å². The number of rotatable bonds is 3. The van der Waals surface area contributed by atoms with Crippen LogP contribution in [0, 0.1) is 0 Å². The van der Waals surface area contributed by atoms with Gasteiger partial charge < -0.3 is 0 Å². The monoisotopic (exact) mass is 158 g/mol. The van der Waals surface area contributed by atoms with Gasteiger partial charge in [-0.1, -0.05) is 6.92 Å². The second-order valence-corrected chi connectivity index (χ2v) is 2.16. The van der Waals surface area contributed by atoms with E-state index in [2.05, 4.69) is 0 Å². The van der Waals surface area contributed by atoms with Gasteiger partial charge in [0.15, 0.2) is 0 Å². The minimum atomic E-state index is -4.21. The van der Waals surface area contributed by atoms with Crippen molar-refractivity contribution >= 4 is 0 Å². The molecule has 0 aliphatic heterocycles. The third-order valence-electron chi connectivity index (χ3n) is 1.18. The second-order valence-electron chi connectivity index (χ2n) is 2.16. The van der Waals surface area contributed by atoms with E-state index in [0.717, 1.165) is 0 Å². The zero-order valence-corrected chi connectivity index (χ0v) is 5.71. The van der Waals surface area contributed by atoms with Crippen molar-refractivity contribution in [2.75, 3.05) is 0 Å². The van der Waals surface area contributed by atoms with E-state index >= 15 is 0 Å². The molecule has 0 nitrogen and oxygen atoms in total. The Kier molecular flexibility index (Phi) is 3.68. The van der Waals surface area contributed by atoms with Gasteiger partial charge in [0.05, 0.1) is 0 Å². The van der Waals surface area contributed by atoms with Crippen molar-refractivity contribution in [1.29, 1.82) is 0 Å². The van der Waals surface area contributed by atoms with Crippen molar-refractivity contribution < 1.29 is 17.6 Å². The molecule has 0 spiro atoms. The molecule has 0 radical (unpaired) electrons. The molecule has 0 aliphatic rings. The molecule has 4 heteroatoms. The molecule has 0 fully saturated rings. The zero-order valence-electron chi connectivity index (χ0n) is 5.71. The quantitative estimate of drug-likeness (QED) is 0.553. The van der Waals surface area contributed by atoms with Gasteiger partial charge in [-0.05, 0) is 12.8 Å². The van der Waals surface area contributed by atoms with Crippen molar-refractivity contribution in [3.05, 3.63) is 0 Å². The predicted octanol–water partition coefficient (Wildman–Crippen LogP) is 3.08. The first-order valence-electron chi connectivity index (χ1n) is 3.16. The van der Waals surface area contributed by atoms with Crippen LogP contribution < -0.4 is 0 Å². The molecule has 62 valence electrons. The lowest BCUT2D eigenvalue weighted by molar-refractivity contribution is -0.138. The Balaban J connectivity index is 3.36. The number of halogens is 4. The SMILES string of the molecule is CC[C@H](F)CCC(F)(F)F. The Morgan fingerprint density at radius 3 is 2.10 bits per heavy atom. The fourth-order valence-electron chi connectivity index (χ4n) is 0.524. The lowest BCUT2D eigenvalue weighted by atomic mass is 10.2. The van der Waals surface area contributed by atoms with Crippen LogP contribution in [0.5, 0.6) is 0 Å². The van der Waals surface area contributed by atoms with Crippen molar-refractivity contribution in [2.24, 2.45) is 0 Å². The van der Waals surface area contributed by atoms with Gasteiger partial charge in [0.25, 0.3) is 0 Å². The molecule has 10 heavy (non-hydrogen) atoms. The summed E-state index contributed by atoms with van der Waals surface area (Å²) in [4.78, 5) is 0. The van der Waals surface area contributed by atoms with E-state index in [1.54, 1.807) is 0 Å². The average molecular weight is 158 g/mol. The largest absolute Gasteiger partial charge is 0.389 e. The molecule has 0 rings (SSSR count). The first-order chi connectivity index (χ1) is 4.45. The average Bonchev–Trinajstić information content (AvgIpc) is 1.81. The fourth-order valence-corrected chi connectivity index (χ4v) is 0.524. The van der Waals surface area contributed by atoms with Crippen LogP contribution in [-0.2, 0) is 0 Å². The normalized spacial score (nSPS) is 15.3. The summed E-state index contributed by atoms with van der Waals surface area (Å²) >= 11 is 0. The van der Waals surface area contributed by atoms with Gasteiger partial charge in [-0.15, -0.1) is 0 Å². The molecule has 0 saturated carbocycles. The molecule has 0 unspecified atom stereocenters. The third-order valence-corrected chi connectivity index (χ3v) is 1.18. The van der Waals surface area contributed by atoms with Crippen LogP contribution >= 0.6 is 0 Å². The van der Waals surface area contributed by atoms with E-state index in [4.69, 9.17) is 0 Å². The van der Waals surface area contributed by atoms with Crippen LogP contribution in [0.1, 0.15) is 26.2 Å². The Hall–Kier alpha value is -0.280. The van der Waals surface area contributed by atoms with E-state index < -0.39 is 25.2 Å². The van der Waals surface area contributed by atoms with E-state index in [1.807, 2.05) is 0 Å². The van der Waals surface area contributed by atoms with Gasteiger partial charge >= 0.3 is 6.18 Å².